The number of rotatable bonds is 8. The van der Waals surface area contributed by atoms with Gasteiger partial charge in [-0.3, -0.25) is 14.2 Å². The molecule has 0 spiro atoms. The molecule has 0 atom stereocenters. The molecule has 0 saturated carbocycles. The van der Waals surface area contributed by atoms with Crippen LogP contribution in [0, 0.1) is 0 Å². The Morgan fingerprint density at radius 2 is 1.97 bits per heavy atom. The molecule has 33 heavy (non-hydrogen) atoms. The number of esters is 1. The number of H-pyrrole nitrogens is 1. The summed E-state index contributed by atoms with van der Waals surface area (Å²) in [6, 6.07) is 14.2. The maximum Gasteiger partial charge on any atom is 0.340 e. The van der Waals surface area contributed by atoms with E-state index in [4.69, 9.17) is 4.74 Å². The largest absolute Gasteiger partial charge is 0.462 e. The molecular weight excluding hydrogens is 440 g/mol. The minimum absolute atomic E-state index is 0.00535. The van der Waals surface area contributed by atoms with Crippen LogP contribution in [-0.4, -0.2) is 38.8 Å². The second kappa shape index (κ2) is 9.74. The number of aromatic nitrogens is 3. The van der Waals surface area contributed by atoms with Gasteiger partial charge in [-0.05, 0) is 25.1 Å². The first kappa shape index (κ1) is 22.3. The summed E-state index contributed by atoms with van der Waals surface area (Å²) in [4.78, 5) is 45.7. The van der Waals surface area contributed by atoms with Crippen molar-refractivity contribution in [3.63, 3.8) is 0 Å². The van der Waals surface area contributed by atoms with Gasteiger partial charge in [-0.2, -0.15) is 0 Å². The van der Waals surface area contributed by atoms with E-state index in [1.807, 2.05) is 24.3 Å². The highest BCUT2D eigenvalue weighted by molar-refractivity contribution is 7.99. The van der Waals surface area contributed by atoms with Crippen molar-refractivity contribution in [1.29, 1.82) is 0 Å². The normalized spacial score (nSPS) is 10.9. The average Bonchev–Trinajstić information content (AvgIpc) is 3.19. The van der Waals surface area contributed by atoms with E-state index in [9.17, 15) is 14.4 Å². The van der Waals surface area contributed by atoms with Crippen molar-refractivity contribution in [2.75, 3.05) is 17.7 Å². The summed E-state index contributed by atoms with van der Waals surface area (Å²) in [5.41, 5.74) is 2.20. The second-order valence-electron chi connectivity index (χ2n) is 7.10. The van der Waals surface area contributed by atoms with Crippen molar-refractivity contribution in [3.8, 4) is 0 Å². The number of aromatic amines is 1. The lowest BCUT2D eigenvalue weighted by Crippen LogP contribution is -2.24. The minimum atomic E-state index is -0.507. The molecule has 168 valence electrons. The summed E-state index contributed by atoms with van der Waals surface area (Å²) in [6.45, 7) is 5.93. The Balaban J connectivity index is 1.61. The van der Waals surface area contributed by atoms with E-state index in [1.165, 1.54) is 4.57 Å². The number of amides is 1. The Labute approximate surface area is 193 Å². The van der Waals surface area contributed by atoms with Gasteiger partial charge in [0.15, 0.2) is 5.16 Å². The van der Waals surface area contributed by atoms with Gasteiger partial charge in [0.25, 0.3) is 5.56 Å². The summed E-state index contributed by atoms with van der Waals surface area (Å²) >= 11 is 1.14. The lowest BCUT2D eigenvalue weighted by Gasteiger charge is -2.12. The second-order valence-corrected chi connectivity index (χ2v) is 8.04. The van der Waals surface area contributed by atoms with Crippen LogP contribution in [0.5, 0.6) is 0 Å². The van der Waals surface area contributed by atoms with Gasteiger partial charge >= 0.3 is 5.97 Å². The molecule has 0 radical (unpaired) electrons. The first-order chi connectivity index (χ1) is 16.0. The van der Waals surface area contributed by atoms with Crippen LogP contribution in [0.25, 0.3) is 21.9 Å². The monoisotopic (exact) mass is 462 g/mol. The van der Waals surface area contributed by atoms with E-state index >= 15 is 0 Å². The Morgan fingerprint density at radius 1 is 1.21 bits per heavy atom. The maximum absolute atomic E-state index is 13.1. The van der Waals surface area contributed by atoms with Crippen molar-refractivity contribution in [2.24, 2.45) is 0 Å². The molecular formula is C24H22N4O4S. The number of carbonyl (C=O) groups excluding carboxylic acids is 2. The molecule has 2 heterocycles. The molecule has 0 saturated heterocycles. The van der Waals surface area contributed by atoms with Gasteiger partial charge in [0.05, 0.1) is 23.6 Å². The third-order valence-corrected chi connectivity index (χ3v) is 5.89. The lowest BCUT2D eigenvalue weighted by molar-refractivity contribution is -0.113. The van der Waals surface area contributed by atoms with Crippen LogP contribution in [0.4, 0.5) is 5.69 Å². The van der Waals surface area contributed by atoms with Crippen LogP contribution in [0.1, 0.15) is 17.3 Å². The molecule has 8 nitrogen and oxygen atoms in total. The van der Waals surface area contributed by atoms with Crippen molar-refractivity contribution in [3.05, 3.63) is 77.1 Å². The van der Waals surface area contributed by atoms with Crippen molar-refractivity contribution in [1.82, 2.24) is 14.5 Å². The number of benzene rings is 2. The number of para-hydroxylation sites is 2. The van der Waals surface area contributed by atoms with Gasteiger partial charge in [-0.25, -0.2) is 9.78 Å². The molecule has 0 fully saturated rings. The number of thioether (sulfide) groups is 1. The van der Waals surface area contributed by atoms with E-state index in [-0.39, 0.29) is 35.9 Å². The molecule has 2 aromatic heterocycles. The highest BCUT2D eigenvalue weighted by atomic mass is 32.2. The van der Waals surface area contributed by atoms with Gasteiger partial charge in [0.1, 0.15) is 11.0 Å². The number of ether oxygens (including phenoxy) is 1. The van der Waals surface area contributed by atoms with Crippen LogP contribution in [0.3, 0.4) is 0 Å². The lowest BCUT2D eigenvalue weighted by atomic mass is 10.2. The quantitative estimate of drug-likeness (QED) is 0.178. The maximum atomic E-state index is 13.1. The van der Waals surface area contributed by atoms with Gasteiger partial charge in [-0.15, -0.1) is 6.58 Å². The number of hydrogen-bond acceptors (Lipinski definition) is 6. The molecule has 2 N–H and O–H groups in total. The topological polar surface area (TPSA) is 106 Å². The molecule has 4 aromatic rings. The summed E-state index contributed by atoms with van der Waals surface area (Å²) in [7, 11) is 0. The van der Waals surface area contributed by atoms with Crippen molar-refractivity contribution < 1.29 is 14.3 Å². The zero-order valence-corrected chi connectivity index (χ0v) is 18.8. The van der Waals surface area contributed by atoms with E-state index in [1.54, 1.807) is 37.3 Å². The Hall–Kier alpha value is -3.85. The summed E-state index contributed by atoms with van der Waals surface area (Å²) < 4.78 is 6.53. The average molecular weight is 463 g/mol. The Bertz CT molecular complexity index is 1420. The number of nitrogens with zero attached hydrogens (tertiary/aromatic N) is 2. The molecule has 2 aromatic carbocycles. The molecule has 1 amide bonds. The van der Waals surface area contributed by atoms with Gasteiger partial charge in [-0.1, -0.05) is 48.2 Å². The van der Waals surface area contributed by atoms with E-state index < -0.39 is 5.97 Å². The fourth-order valence-corrected chi connectivity index (χ4v) is 4.27. The van der Waals surface area contributed by atoms with Crippen molar-refractivity contribution >= 4 is 51.3 Å². The molecule has 0 aliphatic heterocycles. The summed E-state index contributed by atoms with van der Waals surface area (Å²) in [5, 5.41) is 3.99. The van der Waals surface area contributed by atoms with Crippen LogP contribution in [-0.2, 0) is 16.1 Å². The molecule has 9 heteroatoms. The zero-order chi connectivity index (χ0) is 23.4. The van der Waals surface area contributed by atoms with Crippen LogP contribution >= 0.6 is 11.8 Å². The number of fused-ring (bicyclic) bond motifs is 3. The zero-order valence-electron chi connectivity index (χ0n) is 18.0. The Morgan fingerprint density at radius 3 is 2.76 bits per heavy atom. The third-order valence-electron chi connectivity index (χ3n) is 4.92. The minimum Gasteiger partial charge on any atom is -0.462 e. The van der Waals surface area contributed by atoms with Gasteiger partial charge in [0, 0.05) is 17.4 Å². The van der Waals surface area contributed by atoms with E-state index in [0.29, 0.717) is 21.9 Å². The smallest absolute Gasteiger partial charge is 0.340 e. The van der Waals surface area contributed by atoms with Crippen LogP contribution in [0.15, 0.2) is 71.1 Å². The highest BCUT2D eigenvalue weighted by Crippen LogP contribution is 2.25. The first-order valence-electron chi connectivity index (χ1n) is 10.3. The third kappa shape index (κ3) is 4.54. The summed E-state index contributed by atoms with van der Waals surface area (Å²) in [5.74, 6) is -0.850. The van der Waals surface area contributed by atoms with E-state index in [2.05, 4.69) is 21.9 Å². The molecule has 0 aliphatic carbocycles. The molecule has 0 aliphatic rings. The highest BCUT2D eigenvalue weighted by Gasteiger charge is 2.18. The van der Waals surface area contributed by atoms with Gasteiger partial charge < -0.3 is 15.0 Å². The first-order valence-corrected chi connectivity index (χ1v) is 11.3. The molecule has 4 rings (SSSR count). The predicted molar refractivity (Wildman–Crippen MR) is 130 cm³/mol. The Kier molecular flexibility index (Phi) is 6.60. The number of anilines is 1. The fraction of sp³-hybridized carbons (Fsp3) is 0.167. The summed E-state index contributed by atoms with van der Waals surface area (Å²) in [6.07, 6.45) is 1.61. The standard InChI is InChI=1S/C24H22N4O4S/c1-3-13-28-22(30)21-20(15-9-5-7-11-17(15)26-21)27-24(28)33-14-19(29)25-18-12-8-6-10-16(18)23(31)32-4-2/h3,5-12,26H,1,4,13-14H2,2H3,(H,25,29). The molecule has 0 unspecified atom stereocenters. The molecule has 0 bridgehead atoms. The number of nitrogens with one attached hydrogen (secondary N) is 2. The number of allylic oxidation sites excluding steroid dienone is 1. The van der Waals surface area contributed by atoms with Crippen LogP contribution < -0.4 is 10.9 Å². The SMILES string of the molecule is C=CCn1c(SCC(=O)Nc2ccccc2C(=O)OCC)nc2c([nH]c3ccccc32)c1=O. The number of carbonyl (C=O) groups is 2. The van der Waals surface area contributed by atoms with Gasteiger partial charge in [0.2, 0.25) is 5.91 Å². The fourth-order valence-electron chi connectivity index (χ4n) is 3.47. The van der Waals surface area contributed by atoms with Crippen molar-refractivity contribution in [2.45, 2.75) is 18.6 Å². The van der Waals surface area contributed by atoms with E-state index in [0.717, 1.165) is 22.7 Å². The predicted octanol–water partition coefficient (Wildman–Crippen LogP) is 3.97. The van der Waals surface area contributed by atoms with Crippen LogP contribution in [0.2, 0.25) is 0 Å². The number of hydrogen-bond donors (Lipinski definition) is 2.